The molecule has 3 N–H and O–H groups in total. The van der Waals surface area contributed by atoms with Crippen LogP contribution in [0.25, 0.3) is 0 Å². The van der Waals surface area contributed by atoms with Gasteiger partial charge in [-0.1, -0.05) is 18.9 Å². The first-order chi connectivity index (χ1) is 9.62. The largest absolute Gasteiger partial charge is 0.396 e. The zero-order valence-corrected chi connectivity index (χ0v) is 11.7. The molecule has 0 amide bonds. The number of nitrogens with zero attached hydrogens (tertiary/aromatic N) is 1. The van der Waals surface area contributed by atoms with Crippen molar-refractivity contribution in [1.82, 2.24) is 0 Å². The van der Waals surface area contributed by atoms with E-state index in [1.807, 2.05) is 0 Å². The summed E-state index contributed by atoms with van der Waals surface area (Å²) in [5.74, 6) is 0. The van der Waals surface area contributed by atoms with Crippen LogP contribution in [0.2, 0.25) is 0 Å². The number of hydrogen-bond acceptors (Lipinski definition) is 5. The van der Waals surface area contributed by atoms with E-state index in [4.69, 9.17) is 0 Å². The molecule has 0 unspecified atom stereocenters. The monoisotopic (exact) mass is 279 g/mol. The molecule has 6 nitrogen and oxygen atoms in total. The molecule has 0 heterocycles. The molecule has 2 rings (SSSR count). The molecule has 0 aromatic heterocycles. The fourth-order valence-corrected chi connectivity index (χ4v) is 2.88. The SMILES string of the molecule is CNc1cccc(NCC2(CO)CCCC2)c1[N+](=O)[O-]. The van der Waals surface area contributed by atoms with Gasteiger partial charge in [0.25, 0.3) is 0 Å². The molecule has 0 spiro atoms. The van der Waals surface area contributed by atoms with Crippen LogP contribution < -0.4 is 10.6 Å². The molecule has 0 bridgehead atoms. The van der Waals surface area contributed by atoms with Crippen molar-refractivity contribution in [2.75, 3.05) is 30.8 Å². The predicted octanol–water partition coefficient (Wildman–Crippen LogP) is 2.60. The van der Waals surface area contributed by atoms with Gasteiger partial charge in [-0.15, -0.1) is 0 Å². The Morgan fingerprint density at radius 3 is 2.55 bits per heavy atom. The Balaban J connectivity index is 2.19. The van der Waals surface area contributed by atoms with Crippen LogP contribution in [0, 0.1) is 15.5 Å². The number of aliphatic hydroxyl groups is 1. The number of aliphatic hydroxyl groups excluding tert-OH is 1. The Morgan fingerprint density at radius 1 is 1.35 bits per heavy atom. The maximum atomic E-state index is 11.2. The topological polar surface area (TPSA) is 87.4 Å². The lowest BCUT2D eigenvalue weighted by Gasteiger charge is -2.27. The zero-order chi connectivity index (χ0) is 14.6. The minimum absolute atomic E-state index is 0.0566. The Bertz CT molecular complexity index is 485. The summed E-state index contributed by atoms with van der Waals surface area (Å²) in [4.78, 5) is 10.8. The summed E-state index contributed by atoms with van der Waals surface area (Å²) in [6, 6.07) is 5.17. The van der Waals surface area contributed by atoms with Gasteiger partial charge >= 0.3 is 5.69 Å². The first-order valence-corrected chi connectivity index (χ1v) is 6.92. The van der Waals surface area contributed by atoms with E-state index >= 15 is 0 Å². The van der Waals surface area contributed by atoms with Gasteiger partial charge in [0.1, 0.15) is 11.4 Å². The standard InChI is InChI=1S/C14H21N3O3/c1-15-11-5-4-6-12(13(11)17(19)20)16-9-14(10-18)7-2-3-8-14/h4-6,15-16,18H,2-3,7-10H2,1H3. The lowest BCUT2D eigenvalue weighted by molar-refractivity contribution is -0.383. The summed E-state index contributed by atoms with van der Waals surface area (Å²) in [6.07, 6.45) is 4.16. The summed E-state index contributed by atoms with van der Waals surface area (Å²) in [5, 5.41) is 26.8. The number of para-hydroxylation sites is 1. The van der Waals surface area contributed by atoms with E-state index in [1.165, 1.54) is 0 Å². The van der Waals surface area contributed by atoms with E-state index in [1.54, 1.807) is 25.2 Å². The van der Waals surface area contributed by atoms with Gasteiger partial charge in [0.05, 0.1) is 11.5 Å². The van der Waals surface area contributed by atoms with Gasteiger partial charge in [0, 0.05) is 19.0 Å². The highest BCUT2D eigenvalue weighted by atomic mass is 16.6. The van der Waals surface area contributed by atoms with Gasteiger partial charge in [-0.05, 0) is 25.0 Å². The molecule has 110 valence electrons. The third-order valence-corrected chi connectivity index (χ3v) is 4.14. The lowest BCUT2D eigenvalue weighted by Crippen LogP contribution is -2.30. The van der Waals surface area contributed by atoms with Crippen molar-refractivity contribution in [3.63, 3.8) is 0 Å². The molecule has 0 radical (unpaired) electrons. The summed E-state index contributed by atoms with van der Waals surface area (Å²) in [7, 11) is 1.66. The summed E-state index contributed by atoms with van der Waals surface area (Å²) in [5.41, 5.74) is 0.913. The lowest BCUT2D eigenvalue weighted by atomic mass is 9.87. The fourth-order valence-electron chi connectivity index (χ4n) is 2.88. The molecule has 1 aliphatic rings. The second-order valence-electron chi connectivity index (χ2n) is 5.43. The van der Waals surface area contributed by atoms with Crippen LogP contribution in [0.1, 0.15) is 25.7 Å². The number of rotatable bonds is 6. The minimum atomic E-state index is -0.381. The van der Waals surface area contributed by atoms with Crippen molar-refractivity contribution in [2.45, 2.75) is 25.7 Å². The number of nitrogens with one attached hydrogen (secondary N) is 2. The maximum Gasteiger partial charge on any atom is 0.315 e. The van der Waals surface area contributed by atoms with E-state index in [9.17, 15) is 15.2 Å². The van der Waals surface area contributed by atoms with Crippen LogP contribution in [0.4, 0.5) is 17.1 Å². The number of nitro benzene ring substituents is 1. The molecule has 1 aromatic rings. The predicted molar refractivity (Wildman–Crippen MR) is 79.1 cm³/mol. The summed E-state index contributed by atoms with van der Waals surface area (Å²) in [6.45, 7) is 0.691. The number of nitro groups is 1. The first kappa shape index (κ1) is 14.6. The van der Waals surface area contributed by atoms with E-state index in [0.717, 1.165) is 25.7 Å². The smallest absolute Gasteiger partial charge is 0.315 e. The van der Waals surface area contributed by atoms with Crippen LogP contribution in [-0.4, -0.2) is 30.2 Å². The molecule has 6 heteroatoms. The second kappa shape index (κ2) is 6.09. The third-order valence-electron chi connectivity index (χ3n) is 4.14. The second-order valence-corrected chi connectivity index (χ2v) is 5.43. The van der Waals surface area contributed by atoms with E-state index < -0.39 is 0 Å². The molecule has 1 aromatic carbocycles. The Hall–Kier alpha value is -1.82. The number of hydrogen-bond donors (Lipinski definition) is 3. The van der Waals surface area contributed by atoms with Crippen molar-refractivity contribution in [3.8, 4) is 0 Å². The highest BCUT2D eigenvalue weighted by Crippen LogP contribution is 2.39. The molecule has 0 aliphatic heterocycles. The Labute approximate surface area is 118 Å². The van der Waals surface area contributed by atoms with Crippen LogP contribution in [-0.2, 0) is 0 Å². The van der Waals surface area contributed by atoms with E-state index in [0.29, 0.717) is 17.9 Å². The Morgan fingerprint density at radius 2 is 2.00 bits per heavy atom. The third kappa shape index (κ3) is 2.85. The van der Waals surface area contributed by atoms with E-state index in [2.05, 4.69) is 10.6 Å². The van der Waals surface area contributed by atoms with Crippen LogP contribution >= 0.6 is 0 Å². The van der Waals surface area contributed by atoms with Crippen molar-refractivity contribution in [2.24, 2.45) is 5.41 Å². The highest BCUT2D eigenvalue weighted by molar-refractivity contribution is 5.76. The van der Waals surface area contributed by atoms with Crippen molar-refractivity contribution < 1.29 is 10.0 Å². The molecular formula is C14H21N3O3. The van der Waals surface area contributed by atoms with Crippen molar-refractivity contribution >= 4 is 17.1 Å². The quantitative estimate of drug-likeness (QED) is 0.550. The van der Waals surface area contributed by atoms with Gasteiger partial charge in [0.2, 0.25) is 0 Å². The molecule has 0 saturated heterocycles. The van der Waals surface area contributed by atoms with Gasteiger partial charge in [0.15, 0.2) is 0 Å². The average Bonchev–Trinajstić information content (AvgIpc) is 2.93. The van der Waals surface area contributed by atoms with E-state index in [-0.39, 0.29) is 22.6 Å². The maximum absolute atomic E-state index is 11.2. The molecule has 0 atom stereocenters. The van der Waals surface area contributed by atoms with Crippen molar-refractivity contribution in [1.29, 1.82) is 0 Å². The van der Waals surface area contributed by atoms with Crippen molar-refractivity contribution in [3.05, 3.63) is 28.3 Å². The van der Waals surface area contributed by atoms with Gasteiger partial charge in [-0.2, -0.15) is 0 Å². The molecule has 20 heavy (non-hydrogen) atoms. The first-order valence-electron chi connectivity index (χ1n) is 6.92. The zero-order valence-electron chi connectivity index (χ0n) is 11.7. The minimum Gasteiger partial charge on any atom is -0.396 e. The molecular weight excluding hydrogens is 258 g/mol. The number of benzene rings is 1. The van der Waals surface area contributed by atoms with Crippen LogP contribution in [0.3, 0.4) is 0 Å². The van der Waals surface area contributed by atoms with Crippen LogP contribution in [0.5, 0.6) is 0 Å². The van der Waals surface area contributed by atoms with Crippen LogP contribution in [0.15, 0.2) is 18.2 Å². The molecule has 1 fully saturated rings. The molecule has 1 aliphatic carbocycles. The van der Waals surface area contributed by atoms with Gasteiger partial charge < -0.3 is 15.7 Å². The fraction of sp³-hybridized carbons (Fsp3) is 0.571. The average molecular weight is 279 g/mol. The number of anilines is 2. The van der Waals surface area contributed by atoms with Gasteiger partial charge in [-0.3, -0.25) is 10.1 Å². The normalized spacial score (nSPS) is 16.9. The highest BCUT2D eigenvalue weighted by Gasteiger charge is 2.33. The summed E-state index contributed by atoms with van der Waals surface area (Å²) < 4.78 is 0. The van der Waals surface area contributed by atoms with Gasteiger partial charge in [-0.25, -0.2) is 0 Å². The Kier molecular flexibility index (Phi) is 4.44. The summed E-state index contributed by atoms with van der Waals surface area (Å²) >= 11 is 0. The molecule has 1 saturated carbocycles.